The second kappa shape index (κ2) is 7.55. The van der Waals surface area contributed by atoms with Crippen molar-refractivity contribution in [1.29, 1.82) is 0 Å². The number of nitrogens with two attached hydrogens (primary N) is 1. The number of nitrogens with zero attached hydrogens (tertiary/aromatic N) is 1. The zero-order valence-electron chi connectivity index (χ0n) is 9.10. The molecule has 82 valence electrons. The SMILES string of the molecule is COC(O)C/C(=C\C=C/N(C)C)CN. The third-order valence-corrected chi connectivity index (χ3v) is 1.69. The highest BCUT2D eigenvalue weighted by atomic mass is 16.6. The predicted octanol–water partition coefficient (Wildman–Crippen LogP) is 0.302. The first-order valence-corrected chi connectivity index (χ1v) is 4.53. The van der Waals surface area contributed by atoms with Crippen LogP contribution in [0, 0.1) is 0 Å². The first-order valence-electron chi connectivity index (χ1n) is 4.53. The summed E-state index contributed by atoms with van der Waals surface area (Å²) in [5.74, 6) is 0. The molecule has 0 bridgehead atoms. The Kier molecular flexibility index (Phi) is 7.10. The minimum absolute atomic E-state index is 0.429. The van der Waals surface area contributed by atoms with Gasteiger partial charge in [0.25, 0.3) is 0 Å². The summed E-state index contributed by atoms with van der Waals surface area (Å²) in [5.41, 5.74) is 6.47. The Morgan fingerprint density at radius 3 is 2.64 bits per heavy atom. The van der Waals surface area contributed by atoms with E-state index in [1.165, 1.54) is 7.11 Å². The van der Waals surface area contributed by atoms with Crippen LogP contribution >= 0.6 is 0 Å². The van der Waals surface area contributed by atoms with Gasteiger partial charge in [-0.1, -0.05) is 11.6 Å². The molecular formula is C10H20N2O2. The molecule has 0 saturated heterocycles. The van der Waals surface area contributed by atoms with Gasteiger partial charge in [-0.15, -0.1) is 0 Å². The summed E-state index contributed by atoms with van der Waals surface area (Å²) in [6.07, 6.45) is 5.38. The lowest BCUT2D eigenvalue weighted by molar-refractivity contribution is -0.0720. The maximum absolute atomic E-state index is 9.21. The topological polar surface area (TPSA) is 58.7 Å². The minimum Gasteiger partial charge on any atom is -0.383 e. The molecule has 4 heteroatoms. The van der Waals surface area contributed by atoms with Gasteiger partial charge in [-0.25, -0.2) is 0 Å². The van der Waals surface area contributed by atoms with E-state index in [-0.39, 0.29) is 0 Å². The molecule has 4 nitrogen and oxygen atoms in total. The van der Waals surface area contributed by atoms with E-state index in [0.29, 0.717) is 13.0 Å². The molecule has 0 saturated carbocycles. The lowest BCUT2D eigenvalue weighted by Crippen LogP contribution is -2.14. The second-order valence-electron chi connectivity index (χ2n) is 3.23. The van der Waals surface area contributed by atoms with E-state index in [2.05, 4.69) is 0 Å². The highest BCUT2D eigenvalue weighted by molar-refractivity contribution is 5.13. The Bertz CT molecular complexity index is 200. The number of ether oxygens (including phenoxy) is 1. The maximum Gasteiger partial charge on any atom is 0.157 e. The van der Waals surface area contributed by atoms with Crippen LogP contribution in [0.1, 0.15) is 6.42 Å². The molecule has 0 aliphatic heterocycles. The Morgan fingerprint density at radius 2 is 2.21 bits per heavy atom. The van der Waals surface area contributed by atoms with Crippen molar-refractivity contribution in [2.75, 3.05) is 27.7 Å². The molecule has 0 aliphatic carbocycles. The number of methoxy groups -OCH3 is 1. The van der Waals surface area contributed by atoms with Gasteiger partial charge in [0.2, 0.25) is 0 Å². The highest BCUT2D eigenvalue weighted by Crippen LogP contribution is 2.04. The van der Waals surface area contributed by atoms with Gasteiger partial charge in [0, 0.05) is 34.2 Å². The molecule has 0 amide bonds. The van der Waals surface area contributed by atoms with Crippen LogP contribution in [-0.4, -0.2) is 44.0 Å². The van der Waals surface area contributed by atoms with Gasteiger partial charge in [0.15, 0.2) is 6.29 Å². The highest BCUT2D eigenvalue weighted by Gasteiger charge is 2.03. The Hall–Kier alpha value is -0.840. The lowest BCUT2D eigenvalue weighted by Gasteiger charge is -2.09. The van der Waals surface area contributed by atoms with Gasteiger partial charge in [-0.05, 0) is 12.3 Å². The van der Waals surface area contributed by atoms with Crippen molar-refractivity contribution < 1.29 is 9.84 Å². The molecule has 0 rings (SSSR count). The summed E-state index contributed by atoms with van der Waals surface area (Å²) >= 11 is 0. The van der Waals surface area contributed by atoms with Gasteiger partial charge in [-0.3, -0.25) is 0 Å². The van der Waals surface area contributed by atoms with Gasteiger partial charge in [-0.2, -0.15) is 0 Å². The van der Waals surface area contributed by atoms with E-state index in [0.717, 1.165) is 5.57 Å². The molecule has 3 N–H and O–H groups in total. The van der Waals surface area contributed by atoms with E-state index in [9.17, 15) is 5.11 Å². The van der Waals surface area contributed by atoms with Crippen LogP contribution in [0.5, 0.6) is 0 Å². The molecule has 0 aromatic rings. The van der Waals surface area contributed by atoms with Gasteiger partial charge < -0.3 is 20.5 Å². The van der Waals surface area contributed by atoms with Crippen molar-refractivity contribution in [2.45, 2.75) is 12.7 Å². The van der Waals surface area contributed by atoms with Crippen LogP contribution in [0.3, 0.4) is 0 Å². The van der Waals surface area contributed by atoms with Gasteiger partial charge in [0.1, 0.15) is 0 Å². The summed E-state index contributed by atoms with van der Waals surface area (Å²) in [4.78, 5) is 1.93. The number of hydrogen-bond donors (Lipinski definition) is 2. The molecule has 0 aromatic carbocycles. The van der Waals surface area contributed by atoms with Crippen LogP contribution < -0.4 is 5.73 Å². The third kappa shape index (κ3) is 6.65. The van der Waals surface area contributed by atoms with Crippen LogP contribution in [0.2, 0.25) is 0 Å². The Morgan fingerprint density at radius 1 is 1.57 bits per heavy atom. The largest absolute Gasteiger partial charge is 0.383 e. The summed E-state index contributed by atoms with van der Waals surface area (Å²) < 4.78 is 4.73. The van der Waals surface area contributed by atoms with Gasteiger partial charge >= 0.3 is 0 Å². The molecule has 0 aromatic heterocycles. The molecule has 0 heterocycles. The van der Waals surface area contributed by atoms with Gasteiger partial charge in [0.05, 0.1) is 0 Å². The zero-order chi connectivity index (χ0) is 11.0. The maximum atomic E-state index is 9.21. The average molecular weight is 200 g/mol. The summed E-state index contributed by atoms with van der Waals surface area (Å²) in [5, 5.41) is 9.21. The normalized spacial score (nSPS) is 14.8. The lowest BCUT2D eigenvalue weighted by atomic mass is 10.1. The van der Waals surface area contributed by atoms with Crippen molar-refractivity contribution in [3.05, 3.63) is 23.9 Å². The molecule has 0 radical (unpaired) electrons. The minimum atomic E-state index is -0.766. The molecule has 1 unspecified atom stereocenters. The van der Waals surface area contributed by atoms with Crippen LogP contribution in [0.25, 0.3) is 0 Å². The number of aliphatic hydroxyl groups is 1. The van der Waals surface area contributed by atoms with Crippen LogP contribution in [0.15, 0.2) is 23.9 Å². The molecule has 1 atom stereocenters. The molecule has 0 fully saturated rings. The summed E-state index contributed by atoms with van der Waals surface area (Å²) in [7, 11) is 5.35. The number of allylic oxidation sites excluding steroid dienone is 2. The van der Waals surface area contributed by atoms with Crippen LogP contribution in [-0.2, 0) is 4.74 Å². The van der Waals surface area contributed by atoms with E-state index in [1.54, 1.807) is 0 Å². The Balaban J connectivity index is 4.11. The van der Waals surface area contributed by atoms with Crippen LogP contribution in [0.4, 0.5) is 0 Å². The van der Waals surface area contributed by atoms with Crippen molar-refractivity contribution >= 4 is 0 Å². The van der Waals surface area contributed by atoms with E-state index >= 15 is 0 Å². The standard InChI is InChI=1S/C10H20N2O2/c1-12(2)6-4-5-9(8-11)7-10(13)14-3/h4-6,10,13H,7-8,11H2,1-3H3/b6-4-,9-5+. The summed E-state index contributed by atoms with van der Waals surface area (Å²) in [6.45, 7) is 0.429. The average Bonchev–Trinajstić information content (AvgIpc) is 2.15. The van der Waals surface area contributed by atoms with Crippen molar-refractivity contribution in [1.82, 2.24) is 4.90 Å². The second-order valence-corrected chi connectivity index (χ2v) is 3.23. The predicted molar refractivity (Wildman–Crippen MR) is 57.6 cm³/mol. The molecular weight excluding hydrogens is 180 g/mol. The van der Waals surface area contributed by atoms with Crippen molar-refractivity contribution in [3.8, 4) is 0 Å². The molecule has 0 spiro atoms. The fourth-order valence-corrected chi connectivity index (χ4v) is 0.878. The number of rotatable bonds is 6. The fourth-order valence-electron chi connectivity index (χ4n) is 0.878. The van der Waals surface area contributed by atoms with E-state index in [1.807, 2.05) is 37.3 Å². The Labute approximate surface area is 85.7 Å². The first-order chi connectivity index (χ1) is 6.60. The van der Waals surface area contributed by atoms with E-state index < -0.39 is 6.29 Å². The van der Waals surface area contributed by atoms with E-state index in [4.69, 9.17) is 10.5 Å². The fraction of sp³-hybridized carbons (Fsp3) is 0.600. The summed E-state index contributed by atoms with van der Waals surface area (Å²) in [6, 6.07) is 0. The number of hydrogen-bond acceptors (Lipinski definition) is 4. The molecule has 14 heavy (non-hydrogen) atoms. The monoisotopic (exact) mass is 200 g/mol. The first kappa shape index (κ1) is 13.2. The smallest absolute Gasteiger partial charge is 0.157 e. The zero-order valence-corrected chi connectivity index (χ0v) is 9.10. The van der Waals surface area contributed by atoms with Crippen molar-refractivity contribution in [3.63, 3.8) is 0 Å². The van der Waals surface area contributed by atoms with Crippen molar-refractivity contribution in [2.24, 2.45) is 5.73 Å². The molecule has 0 aliphatic rings. The number of aliphatic hydroxyl groups excluding tert-OH is 1. The third-order valence-electron chi connectivity index (χ3n) is 1.69. The quantitative estimate of drug-likeness (QED) is 0.478.